The Bertz CT molecular complexity index is 602. The summed E-state index contributed by atoms with van der Waals surface area (Å²) in [6.07, 6.45) is 0. The van der Waals surface area contributed by atoms with Crippen molar-refractivity contribution in [1.29, 1.82) is 0 Å². The Morgan fingerprint density at radius 2 is 1.89 bits per heavy atom. The molecule has 2 nitrogen and oxygen atoms in total. The summed E-state index contributed by atoms with van der Waals surface area (Å²) in [4.78, 5) is 1.78. The van der Waals surface area contributed by atoms with Gasteiger partial charge in [-0.1, -0.05) is 15.9 Å². The Morgan fingerprint density at radius 3 is 2.58 bits per heavy atom. The molecule has 0 amide bonds. The molecule has 0 spiro atoms. The summed E-state index contributed by atoms with van der Waals surface area (Å²) in [7, 11) is 1.78. The van der Waals surface area contributed by atoms with E-state index in [1.807, 2.05) is 12.1 Å². The molecule has 2 N–H and O–H groups in total. The van der Waals surface area contributed by atoms with Gasteiger partial charge in [0.1, 0.15) is 11.6 Å². The Hall–Kier alpha value is -1.62. The second-order valence-electron chi connectivity index (χ2n) is 4.29. The topological polar surface area (TPSA) is 29.3 Å². The molecule has 2 rings (SSSR count). The average Bonchev–Trinajstić information content (AvgIpc) is 2.33. The van der Waals surface area contributed by atoms with Gasteiger partial charge in [-0.3, -0.25) is 0 Å². The maximum atomic E-state index is 13.6. The van der Waals surface area contributed by atoms with Crippen LogP contribution < -0.4 is 10.6 Å². The van der Waals surface area contributed by atoms with Crippen LogP contribution in [0.2, 0.25) is 0 Å². The van der Waals surface area contributed by atoms with Crippen molar-refractivity contribution in [3.63, 3.8) is 0 Å². The van der Waals surface area contributed by atoms with Crippen LogP contribution in [0.3, 0.4) is 0 Å². The highest BCUT2D eigenvalue weighted by atomic mass is 79.9. The second kappa shape index (κ2) is 5.57. The maximum absolute atomic E-state index is 13.6. The van der Waals surface area contributed by atoms with Crippen molar-refractivity contribution in [2.24, 2.45) is 0 Å². The van der Waals surface area contributed by atoms with Gasteiger partial charge in [0.15, 0.2) is 0 Å². The third kappa shape index (κ3) is 3.23. The Kier molecular flexibility index (Phi) is 4.04. The molecule has 2 aromatic rings. The number of anilines is 2. The lowest BCUT2D eigenvalue weighted by molar-refractivity contribution is 0.583. The Morgan fingerprint density at radius 1 is 1.16 bits per heavy atom. The molecule has 2 aromatic carbocycles. The number of hydrogen-bond acceptors (Lipinski definition) is 2. The lowest BCUT2D eigenvalue weighted by Gasteiger charge is -2.21. The number of hydrogen-bond donors (Lipinski definition) is 1. The van der Waals surface area contributed by atoms with Crippen LogP contribution in [-0.2, 0) is 6.54 Å². The molecule has 0 heterocycles. The van der Waals surface area contributed by atoms with Crippen molar-refractivity contribution in [1.82, 2.24) is 0 Å². The molecule has 0 saturated heterocycles. The van der Waals surface area contributed by atoms with Crippen LogP contribution in [0.1, 0.15) is 5.56 Å². The number of halogens is 3. The first kappa shape index (κ1) is 13.8. The van der Waals surface area contributed by atoms with Gasteiger partial charge in [-0.25, -0.2) is 8.78 Å². The summed E-state index contributed by atoms with van der Waals surface area (Å²) >= 11 is 3.33. The molecule has 19 heavy (non-hydrogen) atoms. The fourth-order valence-corrected chi connectivity index (χ4v) is 2.26. The molecular formula is C14H13BrF2N2. The van der Waals surface area contributed by atoms with Crippen molar-refractivity contribution in [2.75, 3.05) is 17.7 Å². The van der Waals surface area contributed by atoms with Crippen LogP contribution in [0.15, 0.2) is 40.9 Å². The van der Waals surface area contributed by atoms with E-state index in [4.69, 9.17) is 5.73 Å². The molecule has 0 radical (unpaired) electrons. The summed E-state index contributed by atoms with van der Waals surface area (Å²) in [5.74, 6) is -0.877. The number of benzene rings is 2. The third-order valence-electron chi connectivity index (χ3n) is 2.82. The van der Waals surface area contributed by atoms with Crippen LogP contribution in [0, 0.1) is 11.6 Å². The summed E-state index contributed by atoms with van der Waals surface area (Å²) in [6.45, 7) is 0.245. The quantitative estimate of drug-likeness (QED) is 0.865. The van der Waals surface area contributed by atoms with Gasteiger partial charge in [0.25, 0.3) is 0 Å². The molecule has 5 heteroatoms. The summed E-state index contributed by atoms with van der Waals surface area (Å²) in [5, 5.41) is 0. The van der Waals surface area contributed by atoms with Gasteiger partial charge in [0.05, 0.1) is 11.4 Å². The van der Waals surface area contributed by atoms with Crippen molar-refractivity contribution in [3.05, 3.63) is 58.1 Å². The van der Waals surface area contributed by atoms with Crippen molar-refractivity contribution >= 4 is 27.3 Å². The molecule has 100 valence electrons. The van der Waals surface area contributed by atoms with Gasteiger partial charge in [-0.05, 0) is 36.4 Å². The number of nitrogens with two attached hydrogens (primary N) is 1. The van der Waals surface area contributed by atoms with Gasteiger partial charge < -0.3 is 10.6 Å². The van der Waals surface area contributed by atoms with Crippen LogP contribution in [0.25, 0.3) is 0 Å². The summed E-state index contributed by atoms with van der Waals surface area (Å²) in [5.41, 5.74) is 7.55. The summed E-state index contributed by atoms with van der Waals surface area (Å²) < 4.78 is 27.6. The van der Waals surface area contributed by atoms with E-state index < -0.39 is 11.6 Å². The predicted octanol–water partition coefficient (Wildman–Crippen LogP) is 3.95. The smallest absolute Gasteiger partial charge is 0.128 e. The van der Waals surface area contributed by atoms with Crippen LogP contribution in [0.4, 0.5) is 20.2 Å². The molecule has 0 aliphatic carbocycles. The van der Waals surface area contributed by atoms with E-state index in [0.29, 0.717) is 11.3 Å². The minimum absolute atomic E-state index is 0.245. The van der Waals surface area contributed by atoms with E-state index in [2.05, 4.69) is 15.9 Å². The van der Waals surface area contributed by atoms with Gasteiger partial charge in [0.2, 0.25) is 0 Å². The maximum Gasteiger partial charge on any atom is 0.128 e. The van der Waals surface area contributed by atoms with E-state index >= 15 is 0 Å². The minimum atomic E-state index is -0.450. The molecule has 0 saturated carbocycles. The number of nitrogens with zero attached hydrogens (tertiary/aromatic N) is 1. The fraction of sp³-hybridized carbons (Fsp3) is 0.143. The summed E-state index contributed by atoms with van der Waals surface area (Å²) in [6, 6.07) is 8.88. The van der Waals surface area contributed by atoms with Crippen LogP contribution in [0.5, 0.6) is 0 Å². The average molecular weight is 327 g/mol. The third-order valence-corrected chi connectivity index (χ3v) is 3.31. The van der Waals surface area contributed by atoms with Gasteiger partial charge in [-0.2, -0.15) is 0 Å². The normalized spacial score (nSPS) is 10.5. The first-order chi connectivity index (χ1) is 8.97. The van der Waals surface area contributed by atoms with E-state index in [9.17, 15) is 8.78 Å². The lowest BCUT2D eigenvalue weighted by Crippen LogP contribution is -2.18. The molecule has 0 aromatic heterocycles. The van der Waals surface area contributed by atoms with E-state index in [1.54, 1.807) is 18.0 Å². The van der Waals surface area contributed by atoms with Gasteiger partial charge in [0, 0.05) is 23.6 Å². The van der Waals surface area contributed by atoms with Gasteiger partial charge >= 0.3 is 0 Å². The number of nitrogen functional groups attached to an aromatic ring is 1. The van der Waals surface area contributed by atoms with Gasteiger partial charge in [-0.15, -0.1) is 0 Å². The van der Waals surface area contributed by atoms with Crippen LogP contribution in [-0.4, -0.2) is 7.05 Å². The molecule has 0 bridgehead atoms. The molecule has 0 aliphatic rings. The zero-order valence-electron chi connectivity index (χ0n) is 10.3. The highest BCUT2D eigenvalue weighted by molar-refractivity contribution is 9.10. The molecular weight excluding hydrogens is 314 g/mol. The SMILES string of the molecule is CN(Cc1cc(F)ccc1F)c1ccc(Br)cc1N. The highest BCUT2D eigenvalue weighted by Gasteiger charge is 2.10. The van der Waals surface area contributed by atoms with E-state index in [0.717, 1.165) is 22.3 Å². The first-order valence-corrected chi connectivity index (χ1v) is 6.47. The Labute approximate surface area is 119 Å². The largest absolute Gasteiger partial charge is 0.397 e. The molecule has 0 unspecified atom stereocenters. The molecule has 0 atom stereocenters. The lowest BCUT2D eigenvalue weighted by atomic mass is 10.1. The highest BCUT2D eigenvalue weighted by Crippen LogP contribution is 2.27. The van der Waals surface area contributed by atoms with Crippen molar-refractivity contribution in [2.45, 2.75) is 6.54 Å². The number of rotatable bonds is 3. The standard InChI is InChI=1S/C14H13BrF2N2/c1-19(14-5-2-10(15)7-13(14)18)8-9-6-11(16)3-4-12(9)17/h2-7H,8,18H2,1H3. The minimum Gasteiger partial charge on any atom is -0.397 e. The molecule has 0 fully saturated rings. The second-order valence-corrected chi connectivity index (χ2v) is 5.21. The zero-order chi connectivity index (χ0) is 14.0. The van der Waals surface area contributed by atoms with E-state index in [-0.39, 0.29) is 6.54 Å². The predicted molar refractivity (Wildman–Crippen MR) is 77.0 cm³/mol. The van der Waals surface area contributed by atoms with Crippen molar-refractivity contribution in [3.8, 4) is 0 Å². The first-order valence-electron chi connectivity index (χ1n) is 5.67. The van der Waals surface area contributed by atoms with E-state index in [1.165, 1.54) is 6.07 Å². The fourth-order valence-electron chi connectivity index (χ4n) is 1.88. The molecule has 0 aliphatic heterocycles. The van der Waals surface area contributed by atoms with Crippen LogP contribution >= 0.6 is 15.9 Å². The monoisotopic (exact) mass is 326 g/mol. The van der Waals surface area contributed by atoms with Crippen molar-refractivity contribution < 1.29 is 8.78 Å². The Balaban J connectivity index is 2.25. The zero-order valence-corrected chi connectivity index (χ0v) is 11.9.